The Morgan fingerprint density at radius 1 is 1.10 bits per heavy atom. The maximum absolute atomic E-state index is 13.5. The Morgan fingerprint density at radius 2 is 1.79 bits per heavy atom. The highest BCUT2D eigenvalue weighted by Gasteiger charge is 2.30. The van der Waals surface area contributed by atoms with Gasteiger partial charge in [0, 0.05) is 48.7 Å². The van der Waals surface area contributed by atoms with Gasteiger partial charge in [-0.2, -0.15) is 13.2 Å². The number of likely N-dealkylation sites (tertiary alicyclic amines) is 1. The van der Waals surface area contributed by atoms with Crippen molar-refractivity contribution in [3.63, 3.8) is 0 Å². The minimum atomic E-state index is -4.42. The van der Waals surface area contributed by atoms with E-state index in [1.54, 1.807) is 24.3 Å². The van der Waals surface area contributed by atoms with Gasteiger partial charge in [0.25, 0.3) is 0 Å². The van der Waals surface area contributed by atoms with Crippen molar-refractivity contribution in [3.05, 3.63) is 53.7 Å². The maximum atomic E-state index is 13.5. The SMILES string of the molecule is Cc1ccc2c(cc(C#CCNc3ccc(S(C)(=O)=O)cc3)n2CC(F)(F)F)c1NC1CCN(CCO)CC1. The third kappa shape index (κ3) is 7.47. The number of aliphatic hydroxyl groups is 1. The van der Waals surface area contributed by atoms with E-state index in [1.807, 2.05) is 13.0 Å². The molecule has 11 heteroatoms. The summed E-state index contributed by atoms with van der Waals surface area (Å²) in [6, 6.07) is 11.6. The molecule has 0 spiro atoms. The topological polar surface area (TPSA) is 86.6 Å². The van der Waals surface area contributed by atoms with Crippen LogP contribution in [0.15, 0.2) is 47.4 Å². The van der Waals surface area contributed by atoms with Gasteiger partial charge in [0.15, 0.2) is 9.84 Å². The van der Waals surface area contributed by atoms with E-state index >= 15 is 0 Å². The van der Waals surface area contributed by atoms with Gasteiger partial charge in [0.1, 0.15) is 6.54 Å². The summed E-state index contributed by atoms with van der Waals surface area (Å²) in [5.74, 6) is 5.80. The molecule has 1 fully saturated rings. The average Bonchev–Trinajstić information content (AvgIpc) is 3.20. The minimum absolute atomic E-state index is 0.123. The lowest BCUT2D eigenvalue weighted by atomic mass is 10.0. The number of aliphatic hydroxyl groups excluding tert-OH is 1. The molecule has 0 radical (unpaired) electrons. The fourth-order valence-corrected chi connectivity index (χ4v) is 5.47. The Morgan fingerprint density at radius 3 is 2.41 bits per heavy atom. The molecule has 0 saturated carbocycles. The monoisotopic (exact) mass is 562 g/mol. The van der Waals surface area contributed by atoms with Crippen LogP contribution in [0.25, 0.3) is 10.9 Å². The van der Waals surface area contributed by atoms with E-state index in [1.165, 1.54) is 16.7 Å². The van der Waals surface area contributed by atoms with Gasteiger partial charge in [-0.05, 0) is 67.6 Å². The molecule has 3 aromatic rings. The van der Waals surface area contributed by atoms with Gasteiger partial charge in [-0.3, -0.25) is 0 Å². The molecule has 0 unspecified atom stereocenters. The van der Waals surface area contributed by atoms with Crippen LogP contribution in [0.2, 0.25) is 0 Å². The minimum Gasteiger partial charge on any atom is -0.395 e. The second-order valence-corrected chi connectivity index (χ2v) is 11.9. The highest BCUT2D eigenvalue weighted by molar-refractivity contribution is 7.90. The van der Waals surface area contributed by atoms with E-state index < -0.39 is 22.6 Å². The zero-order valence-electron chi connectivity index (χ0n) is 22.0. The lowest BCUT2D eigenvalue weighted by Crippen LogP contribution is -2.40. The highest BCUT2D eigenvalue weighted by Crippen LogP contribution is 2.33. The first-order chi connectivity index (χ1) is 18.4. The van der Waals surface area contributed by atoms with Gasteiger partial charge in [-0.15, -0.1) is 0 Å². The number of aromatic nitrogens is 1. The van der Waals surface area contributed by atoms with Crippen LogP contribution in [0, 0.1) is 18.8 Å². The fourth-order valence-electron chi connectivity index (χ4n) is 4.84. The Kier molecular flexibility index (Phi) is 8.79. The van der Waals surface area contributed by atoms with Crippen molar-refractivity contribution in [3.8, 4) is 11.8 Å². The van der Waals surface area contributed by atoms with Crippen LogP contribution < -0.4 is 10.6 Å². The molecule has 4 rings (SSSR count). The number of piperidine rings is 1. The molecular weight excluding hydrogens is 529 g/mol. The average molecular weight is 563 g/mol. The van der Waals surface area contributed by atoms with Crippen molar-refractivity contribution in [2.45, 2.75) is 43.4 Å². The molecule has 1 aliphatic heterocycles. The lowest BCUT2D eigenvalue weighted by Gasteiger charge is -2.32. The number of fused-ring (bicyclic) bond motifs is 1. The molecule has 2 aromatic carbocycles. The summed E-state index contributed by atoms with van der Waals surface area (Å²) in [4.78, 5) is 2.40. The molecule has 1 aliphatic rings. The van der Waals surface area contributed by atoms with Crippen molar-refractivity contribution in [2.75, 3.05) is 49.7 Å². The van der Waals surface area contributed by atoms with Crippen LogP contribution in [-0.2, 0) is 16.4 Å². The van der Waals surface area contributed by atoms with Crippen LogP contribution in [0.4, 0.5) is 24.5 Å². The number of anilines is 2. The summed E-state index contributed by atoms with van der Waals surface area (Å²) in [6.45, 7) is 3.42. The predicted molar refractivity (Wildman–Crippen MR) is 148 cm³/mol. The van der Waals surface area contributed by atoms with E-state index in [9.17, 15) is 26.7 Å². The molecule has 210 valence electrons. The molecule has 0 atom stereocenters. The Labute approximate surface area is 226 Å². The van der Waals surface area contributed by atoms with Crippen LogP contribution in [0.1, 0.15) is 24.1 Å². The van der Waals surface area contributed by atoms with Crippen molar-refractivity contribution in [2.24, 2.45) is 0 Å². The molecule has 7 nitrogen and oxygen atoms in total. The van der Waals surface area contributed by atoms with Crippen molar-refractivity contribution in [1.29, 1.82) is 0 Å². The molecule has 2 heterocycles. The van der Waals surface area contributed by atoms with E-state index in [0.717, 1.165) is 43.4 Å². The van der Waals surface area contributed by atoms with Gasteiger partial charge >= 0.3 is 6.18 Å². The van der Waals surface area contributed by atoms with Gasteiger partial charge in [0.2, 0.25) is 0 Å². The molecule has 1 aromatic heterocycles. The summed E-state index contributed by atoms with van der Waals surface area (Å²) in [5, 5.41) is 16.5. The van der Waals surface area contributed by atoms with Crippen molar-refractivity contribution < 1.29 is 26.7 Å². The van der Waals surface area contributed by atoms with Crippen LogP contribution in [-0.4, -0.2) is 74.3 Å². The Hall–Kier alpha value is -3.20. The number of hydrogen-bond acceptors (Lipinski definition) is 6. The quantitative estimate of drug-likeness (QED) is 0.356. The smallest absolute Gasteiger partial charge is 0.395 e. The van der Waals surface area contributed by atoms with E-state index in [4.69, 9.17) is 0 Å². The van der Waals surface area contributed by atoms with Gasteiger partial charge in [-0.1, -0.05) is 12.0 Å². The number of alkyl halides is 3. The summed E-state index contributed by atoms with van der Waals surface area (Å²) < 4.78 is 65.1. The van der Waals surface area contributed by atoms with Crippen molar-refractivity contribution >= 4 is 32.1 Å². The first-order valence-corrected chi connectivity index (χ1v) is 14.7. The molecule has 3 N–H and O–H groups in total. The molecule has 1 saturated heterocycles. The number of rotatable bonds is 8. The molecule has 0 bridgehead atoms. The van der Waals surface area contributed by atoms with Crippen molar-refractivity contribution in [1.82, 2.24) is 9.47 Å². The highest BCUT2D eigenvalue weighted by atomic mass is 32.2. The predicted octanol–water partition coefficient (Wildman–Crippen LogP) is 4.25. The molecule has 39 heavy (non-hydrogen) atoms. The summed E-state index contributed by atoms with van der Waals surface area (Å²) >= 11 is 0. The Bertz CT molecular complexity index is 1460. The summed E-state index contributed by atoms with van der Waals surface area (Å²) in [7, 11) is -3.30. The first kappa shape index (κ1) is 28.8. The van der Waals surface area contributed by atoms with E-state index in [2.05, 4.69) is 27.4 Å². The van der Waals surface area contributed by atoms with Gasteiger partial charge in [-0.25, -0.2) is 8.42 Å². The van der Waals surface area contributed by atoms with E-state index in [-0.39, 0.29) is 29.8 Å². The van der Waals surface area contributed by atoms with Gasteiger partial charge in [0.05, 0.1) is 29.3 Å². The van der Waals surface area contributed by atoms with Crippen LogP contribution in [0.3, 0.4) is 0 Å². The van der Waals surface area contributed by atoms with Crippen LogP contribution in [0.5, 0.6) is 0 Å². The number of sulfone groups is 1. The van der Waals surface area contributed by atoms with Gasteiger partial charge < -0.3 is 25.2 Å². The molecule has 0 aliphatic carbocycles. The lowest BCUT2D eigenvalue weighted by molar-refractivity contribution is -0.140. The zero-order chi connectivity index (χ0) is 28.2. The number of halogens is 3. The summed E-state index contributed by atoms with van der Waals surface area (Å²) in [6.07, 6.45) is -1.53. The number of nitrogens with one attached hydrogen (secondary N) is 2. The van der Waals surface area contributed by atoms with Crippen LogP contribution >= 0.6 is 0 Å². The number of hydrogen-bond donors (Lipinski definition) is 3. The fraction of sp³-hybridized carbons (Fsp3) is 0.429. The van der Waals surface area contributed by atoms with E-state index in [0.29, 0.717) is 23.1 Å². The molecular formula is C28H33F3N4O3S. The maximum Gasteiger partial charge on any atom is 0.406 e. The number of aryl methyl sites for hydroxylation is 1. The normalized spacial score (nSPS) is 15.2. The third-order valence-electron chi connectivity index (χ3n) is 6.86. The number of nitrogens with zero attached hydrogens (tertiary/aromatic N) is 2. The third-order valence-corrected chi connectivity index (χ3v) is 7.99. The number of β-amino-alcohol motifs (C(OH)–C–C–N with tert-alkyl or cyclic N) is 1. The zero-order valence-corrected chi connectivity index (χ0v) is 22.8. The first-order valence-electron chi connectivity index (χ1n) is 12.8. The largest absolute Gasteiger partial charge is 0.406 e. The number of benzene rings is 2. The standard InChI is InChI=1S/C28H33F3N4O3S/c1-20-5-10-26-25(27(20)33-22-11-14-34(15-12-22)16-17-36)18-23(35(26)19-28(29,30)31)4-3-13-32-21-6-8-24(9-7-21)39(2,37)38/h5-10,18,22,32-33,36H,11-17,19H2,1-2H3. The molecule has 0 amide bonds. The summed E-state index contributed by atoms with van der Waals surface area (Å²) in [5.41, 5.74) is 3.15. The Balaban J connectivity index is 1.57. The second-order valence-electron chi connectivity index (χ2n) is 9.86. The second kappa shape index (κ2) is 11.9.